The van der Waals surface area contributed by atoms with E-state index in [2.05, 4.69) is 34.1 Å². The minimum Gasteiger partial charge on any atom is -0.378 e. The summed E-state index contributed by atoms with van der Waals surface area (Å²) in [5.41, 5.74) is 3.07. The van der Waals surface area contributed by atoms with Gasteiger partial charge in [-0.15, -0.1) is 0 Å². The van der Waals surface area contributed by atoms with Crippen molar-refractivity contribution in [2.24, 2.45) is 0 Å². The lowest BCUT2D eigenvalue weighted by Crippen LogP contribution is -2.51. The number of piperazine rings is 1. The van der Waals surface area contributed by atoms with Gasteiger partial charge in [0.25, 0.3) is 0 Å². The number of morpholine rings is 1. The minimum atomic E-state index is -0.207. The first-order valence-electron chi connectivity index (χ1n) is 11.0. The van der Waals surface area contributed by atoms with Gasteiger partial charge in [0.05, 0.1) is 25.4 Å². The highest BCUT2D eigenvalue weighted by Crippen LogP contribution is 2.23. The Morgan fingerprint density at radius 1 is 0.903 bits per heavy atom. The number of benzene rings is 2. The third kappa shape index (κ3) is 5.35. The molecule has 2 heterocycles. The molecule has 0 saturated carbocycles. The second-order valence-electron chi connectivity index (χ2n) is 8.22. The van der Waals surface area contributed by atoms with Gasteiger partial charge in [0, 0.05) is 51.5 Å². The van der Waals surface area contributed by atoms with Crippen LogP contribution < -0.4 is 9.80 Å². The van der Waals surface area contributed by atoms with Crippen LogP contribution in [0.3, 0.4) is 0 Å². The standard InChI is InChI=1S/C24H31FN4O2/c1-26(18-20-6-2-4-8-22(20)28-14-16-31-17-15-28)19-24(30)29-12-10-27(11-13-29)23-9-5-3-7-21(23)25/h2-9H,10-19H2,1H3. The summed E-state index contributed by atoms with van der Waals surface area (Å²) < 4.78 is 19.5. The predicted octanol–water partition coefficient (Wildman–Crippen LogP) is 2.44. The number of halogens is 1. The van der Waals surface area contributed by atoms with Gasteiger partial charge in [-0.05, 0) is 30.8 Å². The Morgan fingerprint density at radius 3 is 2.23 bits per heavy atom. The molecule has 0 aromatic heterocycles. The molecule has 6 nitrogen and oxygen atoms in total. The van der Waals surface area contributed by atoms with Crippen molar-refractivity contribution in [3.05, 3.63) is 59.9 Å². The van der Waals surface area contributed by atoms with Crippen molar-refractivity contribution in [1.82, 2.24) is 9.80 Å². The Kier molecular flexibility index (Phi) is 7.04. The Morgan fingerprint density at radius 2 is 1.52 bits per heavy atom. The van der Waals surface area contributed by atoms with Gasteiger partial charge in [-0.3, -0.25) is 9.69 Å². The first-order chi connectivity index (χ1) is 15.1. The van der Waals surface area contributed by atoms with E-state index in [0.29, 0.717) is 45.0 Å². The molecule has 2 aromatic rings. The first kappa shape index (κ1) is 21.6. The summed E-state index contributed by atoms with van der Waals surface area (Å²) in [5.74, 6) is -0.0829. The van der Waals surface area contributed by atoms with Gasteiger partial charge in [-0.2, -0.15) is 0 Å². The fraction of sp³-hybridized carbons (Fsp3) is 0.458. The number of hydrogen-bond acceptors (Lipinski definition) is 5. The molecule has 166 valence electrons. The maximum absolute atomic E-state index is 14.0. The van der Waals surface area contributed by atoms with Crippen LogP contribution in [0.1, 0.15) is 5.56 Å². The summed E-state index contributed by atoms with van der Waals surface area (Å²) in [4.78, 5) is 21.2. The van der Waals surface area contributed by atoms with E-state index in [1.54, 1.807) is 12.1 Å². The van der Waals surface area contributed by atoms with Gasteiger partial charge >= 0.3 is 0 Å². The molecule has 2 aliphatic heterocycles. The molecule has 0 unspecified atom stereocenters. The van der Waals surface area contributed by atoms with E-state index in [-0.39, 0.29) is 11.7 Å². The van der Waals surface area contributed by atoms with Crippen LogP contribution in [0, 0.1) is 5.82 Å². The van der Waals surface area contributed by atoms with Gasteiger partial charge in [-0.1, -0.05) is 30.3 Å². The maximum Gasteiger partial charge on any atom is 0.236 e. The van der Waals surface area contributed by atoms with Gasteiger partial charge in [0.1, 0.15) is 5.82 Å². The van der Waals surface area contributed by atoms with Crippen LogP contribution >= 0.6 is 0 Å². The molecule has 0 spiro atoms. The molecule has 0 N–H and O–H groups in total. The Balaban J connectivity index is 1.30. The van der Waals surface area contributed by atoms with Crippen molar-refractivity contribution in [1.29, 1.82) is 0 Å². The molecule has 0 aliphatic carbocycles. The van der Waals surface area contributed by atoms with Gasteiger partial charge in [-0.25, -0.2) is 4.39 Å². The number of rotatable bonds is 6. The fourth-order valence-electron chi connectivity index (χ4n) is 4.34. The van der Waals surface area contributed by atoms with E-state index >= 15 is 0 Å². The molecule has 31 heavy (non-hydrogen) atoms. The highest BCUT2D eigenvalue weighted by atomic mass is 19.1. The van der Waals surface area contributed by atoms with Gasteiger partial charge < -0.3 is 19.4 Å². The van der Waals surface area contributed by atoms with E-state index in [9.17, 15) is 9.18 Å². The van der Waals surface area contributed by atoms with Crippen LogP contribution in [0.25, 0.3) is 0 Å². The Bertz CT molecular complexity index is 879. The van der Waals surface area contributed by atoms with Gasteiger partial charge in [0.15, 0.2) is 0 Å². The van der Waals surface area contributed by atoms with Gasteiger partial charge in [0.2, 0.25) is 5.91 Å². The van der Waals surface area contributed by atoms with Crippen molar-refractivity contribution in [3.8, 4) is 0 Å². The highest BCUT2D eigenvalue weighted by molar-refractivity contribution is 5.78. The number of carbonyl (C=O) groups is 1. The second kappa shape index (κ2) is 10.1. The summed E-state index contributed by atoms with van der Waals surface area (Å²) in [6.07, 6.45) is 0. The molecule has 2 saturated heterocycles. The zero-order valence-corrected chi connectivity index (χ0v) is 18.2. The lowest BCUT2D eigenvalue weighted by molar-refractivity contribution is -0.132. The van der Waals surface area contributed by atoms with Crippen LogP contribution in [0.5, 0.6) is 0 Å². The number of carbonyl (C=O) groups excluding carboxylic acids is 1. The second-order valence-corrected chi connectivity index (χ2v) is 8.22. The molecule has 2 aromatic carbocycles. The van der Waals surface area contributed by atoms with Crippen LogP contribution in [0.15, 0.2) is 48.5 Å². The van der Waals surface area contributed by atoms with E-state index in [4.69, 9.17) is 4.74 Å². The minimum absolute atomic E-state index is 0.125. The summed E-state index contributed by atoms with van der Waals surface area (Å²) in [5, 5.41) is 0. The quantitative estimate of drug-likeness (QED) is 0.710. The summed E-state index contributed by atoms with van der Waals surface area (Å²) in [6.45, 7) is 6.91. The number of ether oxygens (including phenoxy) is 1. The van der Waals surface area contributed by atoms with E-state index < -0.39 is 0 Å². The number of anilines is 2. The summed E-state index contributed by atoms with van der Waals surface area (Å²) in [6, 6.07) is 15.2. The third-order valence-electron chi connectivity index (χ3n) is 6.01. The zero-order chi connectivity index (χ0) is 21.6. The molecule has 0 radical (unpaired) electrons. The Labute approximate surface area is 183 Å². The lowest BCUT2D eigenvalue weighted by atomic mass is 10.1. The smallest absolute Gasteiger partial charge is 0.236 e. The zero-order valence-electron chi connectivity index (χ0n) is 18.2. The van der Waals surface area contributed by atoms with E-state index in [1.165, 1.54) is 17.3 Å². The molecular weight excluding hydrogens is 395 g/mol. The van der Waals surface area contributed by atoms with Crippen LogP contribution in [-0.4, -0.2) is 81.8 Å². The average molecular weight is 427 g/mol. The largest absolute Gasteiger partial charge is 0.378 e. The monoisotopic (exact) mass is 426 g/mol. The molecule has 2 fully saturated rings. The highest BCUT2D eigenvalue weighted by Gasteiger charge is 2.24. The van der Waals surface area contributed by atoms with Crippen molar-refractivity contribution in [2.75, 3.05) is 75.9 Å². The topological polar surface area (TPSA) is 39.3 Å². The molecule has 4 rings (SSSR count). The summed E-state index contributed by atoms with van der Waals surface area (Å²) >= 11 is 0. The maximum atomic E-state index is 14.0. The number of amides is 1. The van der Waals surface area contributed by atoms with Crippen LogP contribution in [-0.2, 0) is 16.1 Å². The lowest BCUT2D eigenvalue weighted by Gasteiger charge is -2.37. The van der Waals surface area contributed by atoms with Crippen LogP contribution in [0.2, 0.25) is 0 Å². The molecular formula is C24H31FN4O2. The molecule has 2 aliphatic rings. The predicted molar refractivity (Wildman–Crippen MR) is 121 cm³/mol. The first-order valence-corrected chi connectivity index (χ1v) is 11.0. The molecule has 0 atom stereocenters. The number of hydrogen-bond donors (Lipinski definition) is 0. The van der Waals surface area contributed by atoms with Crippen LogP contribution in [0.4, 0.5) is 15.8 Å². The summed E-state index contributed by atoms with van der Waals surface area (Å²) in [7, 11) is 1.99. The van der Waals surface area contributed by atoms with Crippen molar-refractivity contribution in [3.63, 3.8) is 0 Å². The Hall–Kier alpha value is -2.64. The van der Waals surface area contributed by atoms with E-state index in [0.717, 1.165) is 26.3 Å². The fourth-order valence-corrected chi connectivity index (χ4v) is 4.34. The van der Waals surface area contributed by atoms with Crippen molar-refractivity contribution < 1.29 is 13.9 Å². The third-order valence-corrected chi connectivity index (χ3v) is 6.01. The normalized spacial score (nSPS) is 17.3. The average Bonchev–Trinajstić information content (AvgIpc) is 2.80. The van der Waals surface area contributed by atoms with Crippen molar-refractivity contribution in [2.45, 2.75) is 6.54 Å². The number of likely N-dealkylation sites (N-methyl/N-ethyl adjacent to an activating group) is 1. The molecule has 1 amide bonds. The molecule has 7 heteroatoms. The number of para-hydroxylation sites is 2. The van der Waals surface area contributed by atoms with E-state index in [1.807, 2.05) is 22.9 Å². The molecule has 0 bridgehead atoms. The van der Waals surface area contributed by atoms with Crippen molar-refractivity contribution >= 4 is 17.3 Å². The number of nitrogens with zero attached hydrogens (tertiary/aromatic N) is 4. The SMILES string of the molecule is CN(CC(=O)N1CCN(c2ccccc2F)CC1)Cc1ccccc1N1CCOCC1.